The molecule has 1 aliphatic rings. The number of hydrogen-bond donors (Lipinski definition) is 1. The molecular formula is C17H17NO3. The third-order valence-electron chi connectivity index (χ3n) is 4.24. The Hall–Kier alpha value is -2.36. The van der Waals surface area contributed by atoms with Gasteiger partial charge in [0, 0.05) is 18.7 Å². The number of hydrogen-bond acceptors (Lipinski definition) is 2. The van der Waals surface area contributed by atoms with E-state index in [1.165, 1.54) is 0 Å². The summed E-state index contributed by atoms with van der Waals surface area (Å²) in [4.78, 5) is 25.6. The lowest BCUT2D eigenvalue weighted by Crippen LogP contribution is -2.30. The zero-order valence-corrected chi connectivity index (χ0v) is 11.8. The van der Waals surface area contributed by atoms with Gasteiger partial charge < -0.3 is 10.0 Å². The molecule has 3 rings (SSSR count). The van der Waals surface area contributed by atoms with Crippen LogP contribution in [0.2, 0.25) is 0 Å². The fourth-order valence-electron chi connectivity index (χ4n) is 3.04. The van der Waals surface area contributed by atoms with Crippen LogP contribution in [0, 0.1) is 11.8 Å². The Morgan fingerprint density at radius 2 is 1.81 bits per heavy atom. The number of aliphatic carboxylic acids is 1. The molecular weight excluding hydrogens is 266 g/mol. The van der Waals surface area contributed by atoms with Crippen molar-refractivity contribution in [2.45, 2.75) is 6.92 Å². The van der Waals surface area contributed by atoms with E-state index in [1.54, 1.807) is 4.90 Å². The summed E-state index contributed by atoms with van der Waals surface area (Å²) in [5, 5.41) is 11.1. The van der Waals surface area contributed by atoms with Crippen molar-refractivity contribution in [2.75, 3.05) is 13.1 Å². The molecule has 4 heteroatoms. The molecule has 0 aliphatic carbocycles. The lowest BCUT2D eigenvalue weighted by Gasteiger charge is -2.17. The van der Waals surface area contributed by atoms with E-state index in [2.05, 4.69) is 0 Å². The average Bonchev–Trinajstić information content (AvgIpc) is 2.88. The number of carboxylic acids is 1. The van der Waals surface area contributed by atoms with Gasteiger partial charge in [-0.15, -0.1) is 0 Å². The van der Waals surface area contributed by atoms with Gasteiger partial charge >= 0.3 is 5.97 Å². The lowest BCUT2D eigenvalue weighted by molar-refractivity contribution is -0.142. The smallest absolute Gasteiger partial charge is 0.308 e. The van der Waals surface area contributed by atoms with Crippen LogP contribution in [0.4, 0.5) is 0 Å². The third-order valence-corrected chi connectivity index (χ3v) is 4.24. The van der Waals surface area contributed by atoms with Crippen molar-refractivity contribution < 1.29 is 14.7 Å². The minimum atomic E-state index is -0.823. The summed E-state index contributed by atoms with van der Waals surface area (Å²) in [6.07, 6.45) is 0. The van der Waals surface area contributed by atoms with Gasteiger partial charge in [-0.3, -0.25) is 9.59 Å². The molecule has 0 saturated carbocycles. The fraction of sp³-hybridized carbons (Fsp3) is 0.294. The van der Waals surface area contributed by atoms with Gasteiger partial charge in [-0.1, -0.05) is 43.3 Å². The lowest BCUT2D eigenvalue weighted by atomic mass is 9.99. The van der Waals surface area contributed by atoms with Crippen LogP contribution in [0.25, 0.3) is 10.8 Å². The number of amides is 1. The highest BCUT2D eigenvalue weighted by atomic mass is 16.4. The largest absolute Gasteiger partial charge is 0.481 e. The van der Waals surface area contributed by atoms with Gasteiger partial charge in [-0.2, -0.15) is 0 Å². The first-order valence-corrected chi connectivity index (χ1v) is 7.08. The van der Waals surface area contributed by atoms with Crippen molar-refractivity contribution in [3.63, 3.8) is 0 Å². The molecule has 0 unspecified atom stereocenters. The Kier molecular flexibility index (Phi) is 3.37. The zero-order valence-electron chi connectivity index (χ0n) is 11.8. The highest BCUT2D eigenvalue weighted by Gasteiger charge is 2.37. The Bertz CT molecular complexity index is 705. The highest BCUT2D eigenvalue weighted by molar-refractivity contribution is 6.07. The number of carbonyl (C=O) groups is 2. The second kappa shape index (κ2) is 5.20. The van der Waals surface area contributed by atoms with Gasteiger partial charge in [0.25, 0.3) is 5.91 Å². The Morgan fingerprint density at radius 1 is 1.10 bits per heavy atom. The molecule has 21 heavy (non-hydrogen) atoms. The van der Waals surface area contributed by atoms with Crippen LogP contribution in [0.3, 0.4) is 0 Å². The summed E-state index contributed by atoms with van der Waals surface area (Å²) in [6.45, 7) is 2.67. The summed E-state index contributed by atoms with van der Waals surface area (Å²) in [5.41, 5.74) is 0.645. The Balaban J connectivity index is 1.93. The summed E-state index contributed by atoms with van der Waals surface area (Å²) in [6, 6.07) is 13.4. The van der Waals surface area contributed by atoms with E-state index in [0.29, 0.717) is 18.7 Å². The van der Waals surface area contributed by atoms with Crippen molar-refractivity contribution in [3.8, 4) is 0 Å². The molecule has 1 saturated heterocycles. The number of likely N-dealkylation sites (tertiary alicyclic amines) is 1. The summed E-state index contributed by atoms with van der Waals surface area (Å²) in [5.74, 6) is -1.39. The third kappa shape index (κ3) is 2.37. The molecule has 1 aliphatic heterocycles. The van der Waals surface area contributed by atoms with Crippen LogP contribution in [0.5, 0.6) is 0 Å². The first-order chi connectivity index (χ1) is 10.1. The monoisotopic (exact) mass is 283 g/mol. The van der Waals surface area contributed by atoms with E-state index in [1.807, 2.05) is 49.4 Å². The van der Waals surface area contributed by atoms with E-state index in [0.717, 1.165) is 10.8 Å². The summed E-state index contributed by atoms with van der Waals surface area (Å²) in [7, 11) is 0. The van der Waals surface area contributed by atoms with Crippen molar-refractivity contribution in [1.82, 2.24) is 4.90 Å². The maximum absolute atomic E-state index is 12.7. The number of benzene rings is 2. The molecule has 0 radical (unpaired) electrons. The molecule has 2 atom stereocenters. The normalized spacial score (nSPS) is 21.7. The average molecular weight is 283 g/mol. The number of nitrogens with zero attached hydrogens (tertiary/aromatic N) is 1. The fourth-order valence-corrected chi connectivity index (χ4v) is 3.04. The molecule has 1 amide bonds. The molecule has 0 aromatic heterocycles. The molecule has 1 N–H and O–H groups in total. The minimum absolute atomic E-state index is 0.0126. The van der Waals surface area contributed by atoms with Crippen LogP contribution < -0.4 is 0 Å². The summed E-state index contributed by atoms with van der Waals surface area (Å²) >= 11 is 0. The molecule has 4 nitrogen and oxygen atoms in total. The van der Waals surface area contributed by atoms with Gasteiger partial charge in [0.2, 0.25) is 0 Å². The van der Waals surface area contributed by atoms with E-state index in [-0.39, 0.29) is 11.8 Å². The predicted molar refractivity (Wildman–Crippen MR) is 80.1 cm³/mol. The van der Waals surface area contributed by atoms with Crippen LogP contribution in [0.1, 0.15) is 17.3 Å². The number of carbonyl (C=O) groups excluding carboxylic acids is 1. The van der Waals surface area contributed by atoms with Crippen molar-refractivity contribution in [3.05, 3.63) is 48.0 Å². The molecule has 2 aromatic rings. The Morgan fingerprint density at radius 3 is 2.52 bits per heavy atom. The molecule has 2 aromatic carbocycles. The van der Waals surface area contributed by atoms with Gasteiger partial charge in [-0.25, -0.2) is 0 Å². The standard InChI is InChI=1S/C17H17NO3/c1-11-9-18(10-15(11)17(20)21)16(19)14-8-4-6-12-5-2-3-7-13(12)14/h2-8,11,15H,9-10H2,1H3,(H,20,21)/t11-,15-/m1/s1. The van der Waals surface area contributed by atoms with E-state index < -0.39 is 11.9 Å². The van der Waals surface area contributed by atoms with Gasteiger partial charge in [0.1, 0.15) is 0 Å². The molecule has 108 valence electrons. The van der Waals surface area contributed by atoms with Crippen LogP contribution in [0.15, 0.2) is 42.5 Å². The van der Waals surface area contributed by atoms with Gasteiger partial charge in [-0.05, 0) is 22.8 Å². The van der Waals surface area contributed by atoms with Crippen molar-refractivity contribution >= 4 is 22.6 Å². The second-order valence-electron chi connectivity index (χ2n) is 5.66. The summed E-state index contributed by atoms with van der Waals surface area (Å²) < 4.78 is 0. The minimum Gasteiger partial charge on any atom is -0.481 e. The van der Waals surface area contributed by atoms with E-state index >= 15 is 0 Å². The van der Waals surface area contributed by atoms with E-state index in [9.17, 15) is 14.7 Å². The maximum atomic E-state index is 12.7. The van der Waals surface area contributed by atoms with Crippen LogP contribution in [-0.4, -0.2) is 35.0 Å². The highest BCUT2D eigenvalue weighted by Crippen LogP contribution is 2.27. The zero-order chi connectivity index (χ0) is 15.0. The van der Waals surface area contributed by atoms with Crippen molar-refractivity contribution in [1.29, 1.82) is 0 Å². The first kappa shape index (κ1) is 13.6. The quantitative estimate of drug-likeness (QED) is 0.921. The number of fused-ring (bicyclic) bond motifs is 1. The van der Waals surface area contributed by atoms with Crippen molar-refractivity contribution in [2.24, 2.45) is 11.8 Å². The Labute approximate surface area is 123 Å². The second-order valence-corrected chi connectivity index (χ2v) is 5.66. The predicted octanol–water partition coefficient (Wildman–Crippen LogP) is 2.63. The molecule has 0 spiro atoms. The van der Waals surface area contributed by atoms with Gasteiger partial charge in [0.15, 0.2) is 0 Å². The van der Waals surface area contributed by atoms with Crippen LogP contribution in [-0.2, 0) is 4.79 Å². The molecule has 1 fully saturated rings. The topological polar surface area (TPSA) is 57.6 Å². The SMILES string of the molecule is C[C@@H]1CN(C(=O)c2cccc3ccccc23)C[C@H]1C(=O)O. The maximum Gasteiger partial charge on any atom is 0.308 e. The first-order valence-electron chi connectivity index (χ1n) is 7.08. The molecule has 0 bridgehead atoms. The number of carboxylic acid groups (broad SMARTS) is 1. The molecule has 1 heterocycles. The van der Waals surface area contributed by atoms with Crippen LogP contribution >= 0.6 is 0 Å². The number of rotatable bonds is 2. The van der Waals surface area contributed by atoms with Gasteiger partial charge in [0.05, 0.1) is 5.92 Å². The van der Waals surface area contributed by atoms with E-state index in [4.69, 9.17) is 0 Å².